The fraction of sp³-hybridized carbons (Fsp3) is 0.818. The topological polar surface area (TPSA) is 92.3 Å². The molecule has 10 heteroatoms. The summed E-state index contributed by atoms with van der Waals surface area (Å²) < 4.78 is 56.2. The highest BCUT2D eigenvalue weighted by atomic mass is 16.7. The van der Waals surface area contributed by atoms with Crippen LogP contribution in [0, 0.1) is 11.8 Å². The predicted octanol–water partition coefficient (Wildman–Crippen LogP) is 4.77. The Kier molecular flexibility index (Phi) is 27.4. The first-order valence-corrected chi connectivity index (χ1v) is 15.8. The van der Waals surface area contributed by atoms with Crippen molar-refractivity contribution >= 4 is 0 Å². The van der Waals surface area contributed by atoms with E-state index in [2.05, 4.69) is 39.8 Å². The van der Waals surface area contributed by atoms with Gasteiger partial charge in [-0.15, -0.1) is 0 Å². The Hall–Kier alpha value is -1.18. The van der Waals surface area contributed by atoms with Gasteiger partial charge in [-0.25, -0.2) is 0 Å². The van der Waals surface area contributed by atoms with Gasteiger partial charge in [0.15, 0.2) is 0 Å². The second kappa shape index (κ2) is 29.5. The van der Waals surface area contributed by atoms with Gasteiger partial charge in [0, 0.05) is 7.11 Å². The minimum atomic E-state index is 0.0245. The number of ether oxygens (including phenoxy) is 10. The maximum Gasteiger partial charge on any atom is 0.146 e. The molecule has 1 aromatic carbocycles. The monoisotopic (exact) mass is 616 g/mol. The summed E-state index contributed by atoms with van der Waals surface area (Å²) in [5.41, 5.74) is 1.16. The Balaban J connectivity index is 2.03. The first-order chi connectivity index (χ1) is 21.0. The molecule has 10 nitrogen and oxygen atoms in total. The summed E-state index contributed by atoms with van der Waals surface area (Å²) in [6.45, 7) is 16.9. The minimum absolute atomic E-state index is 0.0245. The lowest BCUT2D eigenvalue weighted by molar-refractivity contribution is -0.0968. The molecule has 1 aromatic rings. The van der Waals surface area contributed by atoms with E-state index in [9.17, 15) is 0 Å². The lowest BCUT2D eigenvalue weighted by Crippen LogP contribution is -2.26. The van der Waals surface area contributed by atoms with Crippen molar-refractivity contribution in [3.05, 3.63) is 35.9 Å². The number of methoxy groups -OCH3 is 1. The molecule has 252 valence electrons. The molecule has 0 spiro atoms. The molecule has 0 radical (unpaired) electrons. The number of rotatable bonds is 32. The van der Waals surface area contributed by atoms with Gasteiger partial charge in [-0.05, 0) is 30.2 Å². The first-order valence-electron chi connectivity index (χ1n) is 15.8. The zero-order valence-electron chi connectivity index (χ0n) is 27.5. The zero-order chi connectivity index (χ0) is 31.2. The molecule has 0 aromatic heterocycles. The summed E-state index contributed by atoms with van der Waals surface area (Å²) in [4.78, 5) is 0. The molecule has 1 rings (SSSR count). The van der Waals surface area contributed by atoms with Gasteiger partial charge in [-0.1, -0.05) is 58.0 Å². The third-order valence-electron chi connectivity index (χ3n) is 6.06. The Morgan fingerprint density at radius 3 is 1.44 bits per heavy atom. The van der Waals surface area contributed by atoms with Crippen LogP contribution < -0.4 is 0 Å². The normalized spacial score (nSPS) is 13.3. The standard InChI is InChI=1S/C33H60O10/c1-29(2)23-32(26-38-17-14-35-13-16-37-25-31-9-7-6-8-10-31)42-21-19-36-15-18-39-27-33(24-30(3)4)43-22-20-41-28-40-12-11-34-5/h6-10,29-30,32-33H,11-28H2,1-5H3. The van der Waals surface area contributed by atoms with Gasteiger partial charge >= 0.3 is 0 Å². The van der Waals surface area contributed by atoms with Crippen LogP contribution in [-0.2, 0) is 54.0 Å². The Bertz CT molecular complexity index is 692. The smallest absolute Gasteiger partial charge is 0.146 e. The molecule has 2 unspecified atom stereocenters. The molecular formula is C33H60O10. The van der Waals surface area contributed by atoms with Crippen LogP contribution in [0.4, 0.5) is 0 Å². The summed E-state index contributed by atoms with van der Waals surface area (Å²) in [5, 5.41) is 0. The van der Waals surface area contributed by atoms with Crippen molar-refractivity contribution in [2.45, 2.75) is 59.4 Å². The van der Waals surface area contributed by atoms with Gasteiger partial charge in [0.2, 0.25) is 0 Å². The van der Waals surface area contributed by atoms with Crippen molar-refractivity contribution in [1.29, 1.82) is 0 Å². The van der Waals surface area contributed by atoms with Crippen molar-refractivity contribution in [3.8, 4) is 0 Å². The van der Waals surface area contributed by atoms with E-state index >= 15 is 0 Å². The summed E-state index contributed by atoms with van der Waals surface area (Å²) >= 11 is 0. The van der Waals surface area contributed by atoms with E-state index in [1.54, 1.807) is 7.11 Å². The fourth-order valence-electron chi connectivity index (χ4n) is 4.04. The summed E-state index contributed by atoms with van der Waals surface area (Å²) in [5.74, 6) is 1.03. The summed E-state index contributed by atoms with van der Waals surface area (Å²) in [7, 11) is 1.64. The molecule has 0 N–H and O–H groups in total. The predicted molar refractivity (Wildman–Crippen MR) is 166 cm³/mol. The molecular weight excluding hydrogens is 556 g/mol. The largest absolute Gasteiger partial charge is 0.382 e. The van der Waals surface area contributed by atoms with Crippen LogP contribution in [0.1, 0.15) is 46.1 Å². The van der Waals surface area contributed by atoms with Crippen LogP contribution in [-0.4, -0.2) is 119 Å². The van der Waals surface area contributed by atoms with E-state index in [-0.39, 0.29) is 19.0 Å². The van der Waals surface area contributed by atoms with Crippen LogP contribution >= 0.6 is 0 Å². The van der Waals surface area contributed by atoms with E-state index in [1.165, 1.54) is 0 Å². The van der Waals surface area contributed by atoms with Crippen molar-refractivity contribution in [2.24, 2.45) is 11.8 Å². The van der Waals surface area contributed by atoms with Crippen molar-refractivity contribution in [1.82, 2.24) is 0 Å². The van der Waals surface area contributed by atoms with Gasteiger partial charge < -0.3 is 47.4 Å². The number of benzene rings is 1. The lowest BCUT2D eigenvalue weighted by Gasteiger charge is -2.21. The number of hydrogen-bond acceptors (Lipinski definition) is 10. The van der Waals surface area contributed by atoms with Gasteiger partial charge in [0.25, 0.3) is 0 Å². The number of hydrogen-bond donors (Lipinski definition) is 0. The van der Waals surface area contributed by atoms with Crippen LogP contribution in [0.15, 0.2) is 30.3 Å². The maximum atomic E-state index is 6.04. The van der Waals surface area contributed by atoms with E-state index in [0.717, 1.165) is 18.4 Å². The van der Waals surface area contributed by atoms with E-state index < -0.39 is 0 Å². The molecule has 0 saturated heterocycles. The zero-order valence-corrected chi connectivity index (χ0v) is 27.5. The summed E-state index contributed by atoms with van der Waals surface area (Å²) in [6, 6.07) is 10.1. The molecule has 2 atom stereocenters. The van der Waals surface area contributed by atoms with Gasteiger partial charge in [-0.3, -0.25) is 0 Å². The van der Waals surface area contributed by atoms with Crippen molar-refractivity contribution in [2.75, 3.05) is 106 Å². The maximum absolute atomic E-state index is 6.04. The summed E-state index contributed by atoms with van der Waals surface area (Å²) in [6.07, 6.45) is 1.91. The third kappa shape index (κ3) is 26.9. The average molecular weight is 617 g/mol. The highest BCUT2D eigenvalue weighted by molar-refractivity contribution is 5.13. The molecule has 0 bridgehead atoms. The molecule has 0 aliphatic heterocycles. The Labute approximate surface area is 260 Å². The molecule has 0 saturated carbocycles. The van der Waals surface area contributed by atoms with Crippen LogP contribution in [0.5, 0.6) is 0 Å². The second-order valence-electron chi connectivity index (χ2n) is 11.1. The van der Waals surface area contributed by atoms with Gasteiger partial charge in [-0.2, -0.15) is 0 Å². The fourth-order valence-corrected chi connectivity index (χ4v) is 4.04. The minimum Gasteiger partial charge on any atom is -0.382 e. The quantitative estimate of drug-likeness (QED) is 0.0833. The average Bonchev–Trinajstić information content (AvgIpc) is 2.98. The molecule has 0 heterocycles. The molecule has 0 aliphatic rings. The second-order valence-corrected chi connectivity index (χ2v) is 11.1. The van der Waals surface area contributed by atoms with E-state index in [0.29, 0.717) is 111 Å². The highest BCUT2D eigenvalue weighted by Crippen LogP contribution is 2.10. The molecule has 0 amide bonds. The van der Waals surface area contributed by atoms with Crippen LogP contribution in [0.25, 0.3) is 0 Å². The Morgan fingerprint density at radius 2 is 0.930 bits per heavy atom. The lowest BCUT2D eigenvalue weighted by atomic mass is 10.1. The first kappa shape index (κ1) is 39.8. The van der Waals surface area contributed by atoms with Crippen LogP contribution in [0.2, 0.25) is 0 Å². The molecule has 0 aliphatic carbocycles. The molecule has 43 heavy (non-hydrogen) atoms. The third-order valence-corrected chi connectivity index (χ3v) is 6.06. The van der Waals surface area contributed by atoms with E-state index in [1.807, 2.05) is 18.2 Å². The van der Waals surface area contributed by atoms with Gasteiger partial charge in [0.1, 0.15) is 6.79 Å². The Morgan fingerprint density at radius 1 is 0.488 bits per heavy atom. The van der Waals surface area contributed by atoms with E-state index in [4.69, 9.17) is 47.4 Å². The van der Waals surface area contributed by atoms with Crippen LogP contribution in [0.3, 0.4) is 0 Å². The van der Waals surface area contributed by atoms with Crippen molar-refractivity contribution in [3.63, 3.8) is 0 Å². The van der Waals surface area contributed by atoms with Crippen molar-refractivity contribution < 1.29 is 47.4 Å². The highest BCUT2D eigenvalue weighted by Gasteiger charge is 2.13. The SMILES string of the molecule is COCCOCOCCOC(COCCOCCOC(COCCOCCOCc1ccccc1)CC(C)C)CC(C)C. The molecule has 0 fully saturated rings. The van der Waals surface area contributed by atoms with Gasteiger partial charge in [0.05, 0.1) is 111 Å².